The number of halogens is 4. The van der Waals surface area contributed by atoms with Crippen molar-refractivity contribution in [3.05, 3.63) is 35.1 Å². The smallest absolute Gasteiger partial charge is 0.376 e. The lowest BCUT2D eigenvalue weighted by Crippen LogP contribution is -2.36. The molecule has 1 aromatic carbocycles. The Hall–Kier alpha value is -1.14. The topological polar surface area (TPSA) is 21.3 Å². The number of likely N-dealkylation sites (N-methyl/N-ethyl adjacent to an activating group) is 1. The molecule has 2 unspecified atom stereocenters. The number of hydrogen-bond donors (Lipinski definition) is 1. The van der Waals surface area contributed by atoms with E-state index in [1.54, 1.807) is 0 Å². The third-order valence-electron chi connectivity index (χ3n) is 3.67. The highest BCUT2D eigenvalue weighted by atomic mass is 19.4. The van der Waals surface area contributed by atoms with Crippen LogP contribution in [-0.4, -0.2) is 19.3 Å². The molecule has 6 heteroatoms. The van der Waals surface area contributed by atoms with E-state index in [-0.39, 0.29) is 12.1 Å². The lowest BCUT2D eigenvalue weighted by atomic mass is 9.94. The molecule has 0 aromatic heterocycles. The maximum absolute atomic E-state index is 13.7. The summed E-state index contributed by atoms with van der Waals surface area (Å²) in [4.78, 5) is 0. The zero-order chi connectivity index (χ0) is 15.5. The Labute approximate surface area is 121 Å². The van der Waals surface area contributed by atoms with E-state index < -0.39 is 17.6 Å². The molecule has 2 nitrogen and oxygen atoms in total. The molecule has 1 aliphatic heterocycles. The van der Waals surface area contributed by atoms with E-state index >= 15 is 0 Å². The predicted octanol–water partition coefficient (Wildman–Crippen LogP) is 4.06. The predicted molar refractivity (Wildman–Crippen MR) is 71.4 cm³/mol. The standard InChI is InChI=1S/C15H19F4NO/c1-2-20-14(13-5-3-4-8-21-13)10-6-7-11(12(16)9-10)15(17,18)19/h6-7,9,13-14,20H,2-5,8H2,1H3. The van der Waals surface area contributed by atoms with Crippen LogP contribution in [0.2, 0.25) is 0 Å². The molecule has 0 amide bonds. The minimum Gasteiger partial charge on any atom is -0.376 e. The average molecular weight is 305 g/mol. The van der Waals surface area contributed by atoms with Crippen LogP contribution in [0.15, 0.2) is 18.2 Å². The fraction of sp³-hybridized carbons (Fsp3) is 0.600. The fourth-order valence-corrected chi connectivity index (χ4v) is 2.67. The minimum atomic E-state index is -4.67. The molecule has 1 N–H and O–H groups in total. The largest absolute Gasteiger partial charge is 0.419 e. The second-order valence-electron chi connectivity index (χ2n) is 5.18. The zero-order valence-corrected chi connectivity index (χ0v) is 11.8. The molecule has 1 fully saturated rings. The highest BCUT2D eigenvalue weighted by Gasteiger charge is 2.35. The van der Waals surface area contributed by atoms with Crippen molar-refractivity contribution < 1.29 is 22.3 Å². The van der Waals surface area contributed by atoms with E-state index in [1.807, 2.05) is 6.92 Å². The van der Waals surface area contributed by atoms with Crippen LogP contribution >= 0.6 is 0 Å². The molecular formula is C15H19F4NO. The molecule has 1 heterocycles. The molecule has 1 saturated heterocycles. The maximum Gasteiger partial charge on any atom is 0.419 e. The highest BCUT2D eigenvalue weighted by molar-refractivity contribution is 5.29. The summed E-state index contributed by atoms with van der Waals surface area (Å²) in [7, 11) is 0. The fourth-order valence-electron chi connectivity index (χ4n) is 2.67. The van der Waals surface area contributed by atoms with Gasteiger partial charge in [-0.1, -0.05) is 13.0 Å². The van der Waals surface area contributed by atoms with E-state index in [4.69, 9.17) is 4.74 Å². The molecule has 0 bridgehead atoms. The second-order valence-corrected chi connectivity index (χ2v) is 5.18. The van der Waals surface area contributed by atoms with Crippen molar-refractivity contribution in [2.24, 2.45) is 0 Å². The normalized spacial score (nSPS) is 21.3. The monoisotopic (exact) mass is 305 g/mol. The summed E-state index contributed by atoms with van der Waals surface area (Å²) in [6, 6.07) is 2.82. The van der Waals surface area contributed by atoms with E-state index in [1.165, 1.54) is 6.07 Å². The van der Waals surface area contributed by atoms with Crippen LogP contribution in [0, 0.1) is 5.82 Å². The number of nitrogens with one attached hydrogen (secondary N) is 1. The van der Waals surface area contributed by atoms with Crippen molar-refractivity contribution >= 4 is 0 Å². The van der Waals surface area contributed by atoms with Gasteiger partial charge in [0.1, 0.15) is 5.82 Å². The van der Waals surface area contributed by atoms with Crippen molar-refractivity contribution in [2.75, 3.05) is 13.2 Å². The Bertz CT molecular complexity index is 469. The molecule has 2 rings (SSSR count). The van der Waals surface area contributed by atoms with Gasteiger partial charge in [0.2, 0.25) is 0 Å². The summed E-state index contributed by atoms with van der Waals surface area (Å²) < 4.78 is 57.2. The third kappa shape index (κ3) is 3.95. The quantitative estimate of drug-likeness (QED) is 0.847. The zero-order valence-electron chi connectivity index (χ0n) is 11.8. The summed E-state index contributed by atoms with van der Waals surface area (Å²) in [6.45, 7) is 3.17. The summed E-state index contributed by atoms with van der Waals surface area (Å²) in [6.07, 6.45) is -1.99. The molecule has 0 aliphatic carbocycles. The highest BCUT2D eigenvalue weighted by Crippen LogP contribution is 2.34. The van der Waals surface area contributed by atoms with Crippen molar-refractivity contribution in [1.29, 1.82) is 0 Å². The number of benzene rings is 1. The summed E-state index contributed by atoms with van der Waals surface area (Å²) in [5.41, 5.74) is -0.736. The molecule has 21 heavy (non-hydrogen) atoms. The van der Waals surface area contributed by atoms with Gasteiger partial charge in [-0.05, 0) is 43.5 Å². The van der Waals surface area contributed by atoms with E-state index in [9.17, 15) is 17.6 Å². The van der Waals surface area contributed by atoms with Crippen LogP contribution in [0.5, 0.6) is 0 Å². The van der Waals surface area contributed by atoms with Gasteiger partial charge in [0.25, 0.3) is 0 Å². The first-order valence-corrected chi connectivity index (χ1v) is 7.15. The first kappa shape index (κ1) is 16.2. The number of ether oxygens (including phenoxy) is 1. The van der Waals surface area contributed by atoms with E-state index in [0.717, 1.165) is 31.4 Å². The third-order valence-corrected chi connectivity index (χ3v) is 3.67. The first-order chi connectivity index (χ1) is 9.93. The Morgan fingerprint density at radius 3 is 2.62 bits per heavy atom. The van der Waals surface area contributed by atoms with Crippen molar-refractivity contribution in [3.63, 3.8) is 0 Å². The van der Waals surface area contributed by atoms with Crippen LogP contribution in [-0.2, 0) is 10.9 Å². The summed E-state index contributed by atoms with van der Waals surface area (Å²) in [5.74, 6) is -1.24. The van der Waals surface area contributed by atoms with Gasteiger partial charge in [0, 0.05) is 6.61 Å². The maximum atomic E-state index is 13.7. The Balaban J connectivity index is 2.26. The van der Waals surface area contributed by atoms with Crippen LogP contribution in [0.3, 0.4) is 0 Å². The number of alkyl halides is 3. The van der Waals surface area contributed by atoms with Gasteiger partial charge in [-0.25, -0.2) is 4.39 Å². The van der Waals surface area contributed by atoms with Gasteiger partial charge in [-0.2, -0.15) is 13.2 Å². The second kappa shape index (κ2) is 6.75. The van der Waals surface area contributed by atoms with Crippen LogP contribution in [0.1, 0.15) is 43.4 Å². The lowest BCUT2D eigenvalue weighted by Gasteiger charge is -2.31. The molecule has 0 saturated carbocycles. The average Bonchev–Trinajstić information content (AvgIpc) is 2.44. The van der Waals surface area contributed by atoms with Crippen molar-refractivity contribution in [1.82, 2.24) is 5.32 Å². The Morgan fingerprint density at radius 1 is 1.33 bits per heavy atom. The Kier molecular flexibility index (Phi) is 5.22. The van der Waals surface area contributed by atoms with Gasteiger partial charge >= 0.3 is 6.18 Å². The molecule has 1 aromatic rings. The lowest BCUT2D eigenvalue weighted by molar-refractivity contribution is -0.140. The SMILES string of the molecule is CCNC(c1ccc(C(F)(F)F)c(F)c1)C1CCCCO1. The Morgan fingerprint density at radius 2 is 2.10 bits per heavy atom. The molecule has 0 spiro atoms. The molecule has 1 aliphatic rings. The number of rotatable bonds is 4. The van der Waals surface area contributed by atoms with Crippen LogP contribution in [0.4, 0.5) is 17.6 Å². The van der Waals surface area contributed by atoms with E-state index in [2.05, 4.69) is 5.32 Å². The first-order valence-electron chi connectivity index (χ1n) is 7.15. The van der Waals surface area contributed by atoms with Crippen molar-refractivity contribution in [3.8, 4) is 0 Å². The number of hydrogen-bond acceptors (Lipinski definition) is 2. The van der Waals surface area contributed by atoms with Crippen LogP contribution in [0.25, 0.3) is 0 Å². The van der Waals surface area contributed by atoms with Gasteiger partial charge in [-0.15, -0.1) is 0 Å². The van der Waals surface area contributed by atoms with Gasteiger partial charge in [0.15, 0.2) is 0 Å². The molecular weight excluding hydrogens is 286 g/mol. The molecule has 118 valence electrons. The van der Waals surface area contributed by atoms with Gasteiger partial charge < -0.3 is 10.1 Å². The summed E-state index contributed by atoms with van der Waals surface area (Å²) in [5, 5.41) is 3.18. The van der Waals surface area contributed by atoms with Crippen molar-refractivity contribution in [2.45, 2.75) is 44.5 Å². The summed E-state index contributed by atoms with van der Waals surface area (Å²) >= 11 is 0. The molecule has 2 atom stereocenters. The van der Waals surface area contributed by atoms with Gasteiger partial charge in [-0.3, -0.25) is 0 Å². The van der Waals surface area contributed by atoms with Crippen LogP contribution < -0.4 is 5.32 Å². The minimum absolute atomic E-state index is 0.130. The van der Waals surface area contributed by atoms with E-state index in [0.29, 0.717) is 18.7 Å². The van der Waals surface area contributed by atoms with Gasteiger partial charge in [0.05, 0.1) is 17.7 Å². The molecule has 0 radical (unpaired) electrons.